The number of hydrogen-bond donors (Lipinski definition) is 4. The quantitative estimate of drug-likeness (QED) is 0.156. The van der Waals surface area contributed by atoms with Gasteiger partial charge in [0.15, 0.2) is 5.65 Å². The van der Waals surface area contributed by atoms with Crippen molar-refractivity contribution in [2.24, 2.45) is 10.8 Å². The zero-order chi connectivity index (χ0) is 33.2. The fourth-order valence-electron chi connectivity index (χ4n) is 6.89. The van der Waals surface area contributed by atoms with Crippen LogP contribution in [0.2, 0.25) is 0 Å². The molecule has 3 aromatic rings. The van der Waals surface area contributed by atoms with Crippen LogP contribution in [0.25, 0.3) is 5.65 Å². The summed E-state index contributed by atoms with van der Waals surface area (Å²) in [5, 5.41) is 25.4. The van der Waals surface area contributed by atoms with Crippen LogP contribution in [-0.4, -0.2) is 49.8 Å². The molecule has 10 nitrogen and oxygen atoms in total. The van der Waals surface area contributed by atoms with Gasteiger partial charge in [-0.1, -0.05) is 74.1 Å². The summed E-state index contributed by atoms with van der Waals surface area (Å²) in [6, 6.07) is 9.01. The summed E-state index contributed by atoms with van der Waals surface area (Å²) < 4.78 is 1.61. The highest BCUT2D eigenvalue weighted by molar-refractivity contribution is 5.98. The standard InChI is InChI=1S/C35H51N7O3/c1-10-29(43)39-25-15-13-14-24(18-25)22-41(32(44)45)30-19-28(40-31-27(23(4)5)21-37-42(30)31)38-26-16-17-35(36-20-26,33(6,7)11-2)34(8,9)12-3/h10,13-15,18-19,21,23,26,36H,1,11-12,16-17,20,22H2,2-9H3,(H,38,40)(H,39,43)(H,44,45)/t26-/m0/s1. The predicted molar refractivity (Wildman–Crippen MR) is 182 cm³/mol. The average Bonchev–Trinajstić information content (AvgIpc) is 3.44. The smallest absolute Gasteiger partial charge is 0.413 e. The zero-order valence-electron chi connectivity index (χ0n) is 28.2. The molecule has 1 aliphatic rings. The van der Waals surface area contributed by atoms with Crippen molar-refractivity contribution in [2.45, 2.75) is 105 Å². The number of piperidine rings is 1. The van der Waals surface area contributed by atoms with E-state index in [0.29, 0.717) is 28.5 Å². The topological polar surface area (TPSA) is 124 Å². The number of amides is 2. The van der Waals surface area contributed by atoms with E-state index in [4.69, 9.17) is 4.98 Å². The lowest BCUT2D eigenvalue weighted by atomic mass is 9.54. The van der Waals surface area contributed by atoms with Gasteiger partial charge in [0, 0.05) is 35.4 Å². The lowest BCUT2D eigenvalue weighted by Gasteiger charge is -2.59. The molecular weight excluding hydrogens is 566 g/mol. The van der Waals surface area contributed by atoms with Gasteiger partial charge in [-0.15, -0.1) is 0 Å². The van der Waals surface area contributed by atoms with Crippen LogP contribution in [0.5, 0.6) is 0 Å². The fraction of sp³-hybridized carbons (Fsp3) is 0.543. The molecule has 1 aliphatic heterocycles. The Bertz CT molecular complexity index is 1520. The van der Waals surface area contributed by atoms with Gasteiger partial charge in [-0.2, -0.15) is 9.61 Å². The van der Waals surface area contributed by atoms with E-state index in [1.54, 1.807) is 35.0 Å². The highest BCUT2D eigenvalue weighted by Gasteiger charge is 2.54. The number of benzene rings is 1. The van der Waals surface area contributed by atoms with Gasteiger partial charge >= 0.3 is 6.09 Å². The van der Waals surface area contributed by atoms with Crippen LogP contribution in [0.15, 0.2) is 49.2 Å². The van der Waals surface area contributed by atoms with Gasteiger partial charge in [-0.3, -0.25) is 9.69 Å². The van der Waals surface area contributed by atoms with Gasteiger partial charge < -0.3 is 21.1 Å². The van der Waals surface area contributed by atoms with E-state index >= 15 is 0 Å². The minimum absolute atomic E-state index is 0.0136. The summed E-state index contributed by atoms with van der Waals surface area (Å²) in [5.41, 5.74) is 3.04. The van der Waals surface area contributed by atoms with Crippen molar-refractivity contribution >= 4 is 35.0 Å². The molecule has 1 aromatic carbocycles. The summed E-state index contributed by atoms with van der Waals surface area (Å²) in [6.07, 6.45) is 5.98. The molecule has 3 heterocycles. The Morgan fingerprint density at radius 1 is 1.20 bits per heavy atom. The molecule has 4 rings (SSSR count). The van der Waals surface area contributed by atoms with Gasteiger partial charge in [0.05, 0.1) is 12.7 Å². The fourth-order valence-corrected chi connectivity index (χ4v) is 6.89. The van der Waals surface area contributed by atoms with Gasteiger partial charge in [-0.05, 0) is 66.2 Å². The van der Waals surface area contributed by atoms with Crippen LogP contribution in [0.3, 0.4) is 0 Å². The monoisotopic (exact) mass is 617 g/mol. The predicted octanol–water partition coefficient (Wildman–Crippen LogP) is 7.44. The van der Waals surface area contributed by atoms with Crippen molar-refractivity contribution in [3.05, 3.63) is 60.3 Å². The van der Waals surface area contributed by atoms with Crippen LogP contribution < -0.4 is 20.9 Å². The number of aromatic nitrogens is 3. The molecule has 4 N–H and O–H groups in total. The first-order valence-electron chi connectivity index (χ1n) is 16.1. The van der Waals surface area contributed by atoms with E-state index in [2.05, 4.69) is 83.0 Å². The Morgan fingerprint density at radius 3 is 2.44 bits per heavy atom. The Labute approximate surface area is 267 Å². The molecule has 45 heavy (non-hydrogen) atoms. The number of nitrogens with zero attached hydrogens (tertiary/aromatic N) is 4. The number of anilines is 3. The van der Waals surface area contributed by atoms with Gasteiger partial charge in [0.1, 0.15) is 11.6 Å². The maximum Gasteiger partial charge on any atom is 0.413 e. The normalized spacial score (nSPS) is 16.9. The summed E-state index contributed by atoms with van der Waals surface area (Å²) in [7, 11) is 0. The van der Waals surface area contributed by atoms with Crippen molar-refractivity contribution in [1.82, 2.24) is 19.9 Å². The largest absolute Gasteiger partial charge is 0.465 e. The minimum atomic E-state index is -1.12. The third kappa shape index (κ3) is 6.71. The number of fused-ring (bicyclic) bond motifs is 1. The molecule has 244 valence electrons. The molecule has 1 fully saturated rings. The maximum absolute atomic E-state index is 12.8. The van der Waals surface area contributed by atoms with Crippen LogP contribution in [0, 0.1) is 10.8 Å². The Kier molecular flexibility index (Phi) is 9.97. The Morgan fingerprint density at radius 2 is 1.89 bits per heavy atom. The van der Waals surface area contributed by atoms with Gasteiger partial charge in [-0.25, -0.2) is 9.78 Å². The molecule has 2 aromatic heterocycles. The van der Waals surface area contributed by atoms with E-state index in [9.17, 15) is 14.7 Å². The molecule has 1 saturated heterocycles. The molecule has 0 unspecified atom stereocenters. The van der Waals surface area contributed by atoms with Crippen LogP contribution in [0.4, 0.5) is 22.1 Å². The van der Waals surface area contributed by atoms with Gasteiger partial charge in [0.2, 0.25) is 5.91 Å². The van der Waals surface area contributed by atoms with Crippen molar-refractivity contribution in [1.29, 1.82) is 0 Å². The summed E-state index contributed by atoms with van der Waals surface area (Å²) in [6.45, 7) is 22.5. The van der Waals surface area contributed by atoms with Crippen LogP contribution in [0.1, 0.15) is 98.1 Å². The van der Waals surface area contributed by atoms with Crippen LogP contribution in [-0.2, 0) is 11.3 Å². The zero-order valence-corrected chi connectivity index (χ0v) is 28.2. The van der Waals surface area contributed by atoms with Crippen molar-refractivity contribution in [3.63, 3.8) is 0 Å². The second kappa shape index (κ2) is 13.2. The number of carbonyl (C=O) groups is 2. The Balaban J connectivity index is 1.68. The number of carbonyl (C=O) groups excluding carboxylic acids is 1. The molecule has 0 bridgehead atoms. The number of nitrogens with one attached hydrogen (secondary N) is 3. The summed E-state index contributed by atoms with van der Waals surface area (Å²) in [5.74, 6) is 0.810. The van der Waals surface area contributed by atoms with Crippen LogP contribution >= 0.6 is 0 Å². The second-order valence-electron chi connectivity index (χ2n) is 13.9. The molecular formula is C35H51N7O3. The lowest BCUT2D eigenvalue weighted by Crippen LogP contribution is -2.68. The van der Waals surface area contributed by atoms with Gasteiger partial charge in [0.25, 0.3) is 0 Å². The Hall–Kier alpha value is -3.92. The third-order valence-electron chi connectivity index (χ3n) is 10.3. The van der Waals surface area contributed by atoms with Crippen molar-refractivity contribution in [3.8, 4) is 0 Å². The first-order valence-corrected chi connectivity index (χ1v) is 16.1. The van der Waals surface area contributed by atoms with E-state index < -0.39 is 6.09 Å². The maximum atomic E-state index is 12.8. The minimum Gasteiger partial charge on any atom is -0.465 e. The highest BCUT2D eigenvalue weighted by Crippen LogP contribution is 2.52. The first-order chi connectivity index (χ1) is 21.2. The molecule has 0 spiro atoms. The summed E-state index contributed by atoms with van der Waals surface area (Å²) in [4.78, 5) is 30.9. The van der Waals surface area contributed by atoms with E-state index in [-0.39, 0.29) is 40.8 Å². The van der Waals surface area contributed by atoms with Crippen molar-refractivity contribution in [2.75, 3.05) is 22.1 Å². The molecule has 10 heteroatoms. The second-order valence-corrected chi connectivity index (χ2v) is 13.9. The highest BCUT2D eigenvalue weighted by atomic mass is 16.4. The molecule has 0 saturated carbocycles. The van der Waals surface area contributed by atoms with E-state index in [1.807, 2.05) is 6.07 Å². The SMILES string of the molecule is C=CC(=O)Nc1cccc(CN(C(=O)O)c2cc(N[C@H]3CCC(C(C)(C)CC)(C(C)(C)CC)NC3)nc3c(C(C)C)cnn23)c1. The summed E-state index contributed by atoms with van der Waals surface area (Å²) >= 11 is 0. The average molecular weight is 618 g/mol. The lowest BCUT2D eigenvalue weighted by molar-refractivity contribution is -0.111. The first kappa shape index (κ1) is 34.0. The number of hydrogen-bond acceptors (Lipinski definition) is 6. The molecule has 2 amide bonds. The van der Waals surface area contributed by atoms with Crippen molar-refractivity contribution < 1.29 is 14.7 Å². The van der Waals surface area contributed by atoms with E-state index in [1.165, 1.54) is 11.0 Å². The number of rotatable bonds is 12. The molecule has 0 radical (unpaired) electrons. The molecule has 0 aliphatic carbocycles. The molecule has 1 atom stereocenters. The number of carboxylic acid groups (broad SMARTS) is 1. The van der Waals surface area contributed by atoms with E-state index in [0.717, 1.165) is 37.8 Å². The third-order valence-corrected chi connectivity index (χ3v) is 10.3.